The fraction of sp³-hybridized carbons (Fsp3) is 0.158. The van der Waals surface area contributed by atoms with E-state index in [-0.39, 0.29) is 18.6 Å². The Balaban J connectivity index is 0.00000433. The summed E-state index contributed by atoms with van der Waals surface area (Å²) in [5.41, 5.74) is 8.38. The standard InChI is InChI=1S/C38H39ClN5OP.ClH/c39-46(33-16-7-2-8-17-33,34-18-9-3-10-19-34,35-20-11-4-12-21-35)29-13-28-45-32-24-22-31(23-25-32)36-42-37(40)44-38(43-36)41-27-26-30-14-5-1-6-15-30;/h1-12,14-25,36H,13,26-29H2,(H4,40,41,42,43,44);1H. The Labute approximate surface area is 288 Å². The predicted molar refractivity (Wildman–Crippen MR) is 194 cm³/mol. The van der Waals surface area contributed by atoms with Gasteiger partial charge in [0.05, 0.1) is 6.54 Å². The molecule has 1 heterocycles. The molecule has 0 spiro atoms. The molecule has 0 saturated carbocycles. The molecule has 0 aromatic heterocycles. The van der Waals surface area contributed by atoms with E-state index < -0.39 is 5.96 Å². The first-order chi connectivity index (χ1) is 22.5. The van der Waals surface area contributed by atoms with Crippen molar-refractivity contribution in [2.24, 2.45) is 10.7 Å². The van der Waals surface area contributed by atoms with Gasteiger partial charge in [-0.25, -0.2) is 0 Å². The Morgan fingerprint density at radius 1 is 0.723 bits per heavy atom. The fourth-order valence-corrected chi connectivity index (χ4v) is 12.2. The second-order valence-electron chi connectivity index (χ2n) is 11.4. The van der Waals surface area contributed by atoms with Crippen molar-refractivity contribution in [1.29, 1.82) is 0 Å². The summed E-state index contributed by atoms with van der Waals surface area (Å²) in [7, 11) is 0. The summed E-state index contributed by atoms with van der Waals surface area (Å²) in [6.45, 7) is 1.30. The van der Waals surface area contributed by atoms with Gasteiger partial charge in [-0.2, -0.15) is 0 Å². The molecule has 47 heavy (non-hydrogen) atoms. The van der Waals surface area contributed by atoms with E-state index in [0.717, 1.165) is 58.7 Å². The molecule has 6 nitrogen and oxygen atoms in total. The van der Waals surface area contributed by atoms with Crippen LogP contribution in [0.4, 0.5) is 0 Å². The van der Waals surface area contributed by atoms with Crippen LogP contribution < -0.4 is 54.4 Å². The first kappa shape index (κ1) is 34.0. The van der Waals surface area contributed by atoms with Gasteiger partial charge in [0.1, 0.15) is 0 Å². The molecule has 5 aromatic rings. The molecule has 242 valence electrons. The smallest absolute Gasteiger partial charge is 1.00 e. The second-order valence-corrected chi connectivity index (χ2v) is 18.0. The number of nitrogens with one attached hydrogen (secondary N) is 3. The summed E-state index contributed by atoms with van der Waals surface area (Å²) in [6.07, 6.45) is 2.15. The minimum atomic E-state index is -3.31. The minimum Gasteiger partial charge on any atom is -1.00 e. The zero-order valence-corrected chi connectivity index (χ0v) is 28.5. The van der Waals surface area contributed by atoms with Crippen molar-refractivity contribution >= 4 is 45.0 Å². The summed E-state index contributed by atoms with van der Waals surface area (Å²) >= 11 is 8.18. The molecule has 0 fully saturated rings. The molecular weight excluding hydrogens is 644 g/mol. The number of ether oxygens (including phenoxy) is 1. The molecule has 9 heteroatoms. The van der Waals surface area contributed by atoms with Crippen LogP contribution in [0.3, 0.4) is 0 Å². The van der Waals surface area contributed by atoms with Gasteiger partial charge in [0, 0.05) is 6.42 Å². The van der Waals surface area contributed by atoms with Crippen LogP contribution in [0.5, 0.6) is 5.75 Å². The van der Waals surface area contributed by atoms with Gasteiger partial charge in [0.25, 0.3) is 0 Å². The molecule has 1 aliphatic heterocycles. The summed E-state index contributed by atoms with van der Waals surface area (Å²) in [4.78, 5) is 7.95. The molecule has 0 saturated heterocycles. The molecule has 5 N–H and O–H groups in total. The monoisotopic (exact) mass is 683 g/mol. The zero-order chi connectivity index (χ0) is 31.7. The second kappa shape index (κ2) is 15.5. The van der Waals surface area contributed by atoms with Crippen molar-refractivity contribution in [3.05, 3.63) is 157 Å². The summed E-state index contributed by atoms with van der Waals surface area (Å²) < 4.78 is 6.29. The van der Waals surface area contributed by atoms with Crippen LogP contribution in [0.15, 0.2) is 151 Å². The maximum absolute atomic E-state index is 8.18. The van der Waals surface area contributed by atoms with Crippen molar-refractivity contribution in [1.82, 2.24) is 10.6 Å². The van der Waals surface area contributed by atoms with E-state index in [1.165, 1.54) is 5.56 Å². The van der Waals surface area contributed by atoms with Crippen LogP contribution in [-0.2, 0) is 6.42 Å². The Morgan fingerprint density at radius 2 is 1.23 bits per heavy atom. The van der Waals surface area contributed by atoms with Gasteiger partial charge in [-0.15, -0.1) is 0 Å². The van der Waals surface area contributed by atoms with Crippen molar-refractivity contribution in [3.63, 3.8) is 0 Å². The third-order valence-electron chi connectivity index (χ3n) is 8.43. The van der Waals surface area contributed by atoms with E-state index in [1.807, 2.05) is 48.5 Å². The number of hydrogen-bond donors (Lipinski definition) is 4. The van der Waals surface area contributed by atoms with E-state index in [0.29, 0.717) is 12.6 Å². The average molecular weight is 685 g/mol. The molecule has 0 amide bonds. The zero-order valence-electron chi connectivity index (χ0n) is 26.1. The predicted octanol–water partition coefficient (Wildman–Crippen LogP) is 1.33. The van der Waals surface area contributed by atoms with Crippen LogP contribution in [-0.4, -0.2) is 31.2 Å². The van der Waals surface area contributed by atoms with Gasteiger partial charge in [-0.05, 0) is 5.56 Å². The Hall–Kier alpha value is -4.35. The number of hydrogen-bond acceptors (Lipinski definition) is 3. The summed E-state index contributed by atoms with van der Waals surface area (Å²) in [6, 6.07) is 50.1. The number of nitrogens with zero attached hydrogens (tertiary/aromatic N) is 1. The first-order valence-corrected chi connectivity index (χ1v) is 19.0. The SMILES string of the molecule is NC1=NC(c2ccc(OCCCP(Cl)(c3ccccc3)(c3ccccc3)c3ccccc3)cc2)NC(=[NH+]CCc2ccccc2)N1.[Cl-]. The van der Waals surface area contributed by atoms with Crippen LogP contribution in [0.25, 0.3) is 0 Å². The number of guanidine groups is 2. The first-order valence-electron chi connectivity index (χ1n) is 15.7. The molecule has 6 rings (SSSR count). The fourth-order valence-electron chi connectivity index (χ4n) is 6.08. The van der Waals surface area contributed by atoms with Gasteiger partial charge in [0.15, 0.2) is 0 Å². The van der Waals surface area contributed by atoms with Crippen molar-refractivity contribution < 1.29 is 22.1 Å². The van der Waals surface area contributed by atoms with E-state index in [2.05, 4.69) is 118 Å². The summed E-state index contributed by atoms with van der Waals surface area (Å²) in [5, 5.41) is 9.98. The molecule has 1 aliphatic rings. The van der Waals surface area contributed by atoms with E-state index >= 15 is 0 Å². The third kappa shape index (κ3) is 7.63. The van der Waals surface area contributed by atoms with E-state index in [1.54, 1.807) is 0 Å². The van der Waals surface area contributed by atoms with Crippen molar-refractivity contribution in [3.8, 4) is 5.75 Å². The number of benzene rings is 5. The molecule has 1 unspecified atom stereocenters. The van der Waals surface area contributed by atoms with Gasteiger partial charge in [-0.3, -0.25) is 0 Å². The maximum atomic E-state index is 8.18. The molecular formula is C38H40Cl2N5OP. The molecule has 0 aliphatic carbocycles. The number of rotatable bonds is 12. The Bertz CT molecular complexity index is 1670. The van der Waals surface area contributed by atoms with Crippen LogP contribution >= 0.6 is 17.2 Å². The number of aliphatic imine (C=N–C) groups is 1. The van der Waals surface area contributed by atoms with Crippen LogP contribution in [0.2, 0.25) is 0 Å². The average Bonchev–Trinajstić information content (AvgIpc) is 3.12. The Morgan fingerprint density at radius 3 is 1.77 bits per heavy atom. The van der Waals surface area contributed by atoms with Crippen molar-refractivity contribution in [2.75, 3.05) is 19.3 Å². The third-order valence-corrected chi connectivity index (χ3v) is 16.0. The number of nitrogens with two attached hydrogens (primary N) is 1. The topological polar surface area (TPSA) is 85.6 Å². The van der Waals surface area contributed by atoms with Gasteiger partial charge in [-0.1, -0.05) is 30.3 Å². The normalized spacial score (nSPS) is 16.0. The summed E-state index contributed by atoms with van der Waals surface area (Å²) in [5.74, 6) is -1.40. The van der Waals surface area contributed by atoms with Gasteiger partial charge >= 0.3 is 228 Å². The quantitative estimate of drug-likeness (QED) is 0.118. The van der Waals surface area contributed by atoms with E-state index in [4.69, 9.17) is 21.7 Å². The Kier molecular flexibility index (Phi) is 11.2. The van der Waals surface area contributed by atoms with E-state index in [9.17, 15) is 0 Å². The molecule has 1 atom stereocenters. The molecule has 0 bridgehead atoms. The van der Waals surface area contributed by atoms with Crippen LogP contribution in [0.1, 0.15) is 23.7 Å². The molecule has 5 aromatic carbocycles. The van der Waals surface area contributed by atoms with Crippen molar-refractivity contribution in [2.45, 2.75) is 19.0 Å². The molecule has 0 radical (unpaired) electrons. The minimum absolute atomic E-state index is 0. The van der Waals surface area contributed by atoms with Crippen LogP contribution in [0, 0.1) is 0 Å². The number of halogens is 2. The van der Waals surface area contributed by atoms with Gasteiger partial charge in [0.2, 0.25) is 0 Å². The van der Waals surface area contributed by atoms with Gasteiger partial charge < -0.3 is 12.4 Å².